The molecule has 84 valence electrons. The van der Waals surface area contributed by atoms with E-state index in [2.05, 4.69) is 18.7 Å². The van der Waals surface area contributed by atoms with Crippen molar-refractivity contribution in [3.8, 4) is 0 Å². The van der Waals surface area contributed by atoms with Crippen molar-refractivity contribution in [3.63, 3.8) is 0 Å². The van der Waals surface area contributed by atoms with E-state index in [9.17, 15) is 0 Å². The Bertz CT molecular complexity index is 163. The van der Waals surface area contributed by atoms with Crippen LogP contribution in [0.15, 0.2) is 0 Å². The highest BCUT2D eigenvalue weighted by atomic mass is 16.5. The molecule has 1 heterocycles. The minimum Gasteiger partial charge on any atom is -0.383 e. The molecule has 1 saturated heterocycles. The van der Waals surface area contributed by atoms with Gasteiger partial charge in [0.15, 0.2) is 0 Å². The van der Waals surface area contributed by atoms with E-state index >= 15 is 0 Å². The van der Waals surface area contributed by atoms with Crippen molar-refractivity contribution < 1.29 is 4.74 Å². The molecule has 0 aliphatic carbocycles. The maximum Gasteiger partial charge on any atom is 0.0617 e. The molecule has 0 bridgehead atoms. The standard InChI is InChI=1S/C11H24N2O/c1-4-10(8-14-3)13-6-5-9(2)11(12)7-13/h9-11H,4-8,12H2,1-3H3. The van der Waals surface area contributed by atoms with Gasteiger partial charge in [-0.3, -0.25) is 4.90 Å². The van der Waals surface area contributed by atoms with Crippen molar-refractivity contribution in [3.05, 3.63) is 0 Å². The van der Waals surface area contributed by atoms with Crippen LogP contribution in [0, 0.1) is 5.92 Å². The molecule has 3 nitrogen and oxygen atoms in total. The Morgan fingerprint density at radius 1 is 1.57 bits per heavy atom. The number of hydrogen-bond donors (Lipinski definition) is 1. The summed E-state index contributed by atoms with van der Waals surface area (Å²) >= 11 is 0. The van der Waals surface area contributed by atoms with Gasteiger partial charge in [-0.1, -0.05) is 13.8 Å². The number of methoxy groups -OCH3 is 1. The summed E-state index contributed by atoms with van der Waals surface area (Å²) in [4.78, 5) is 2.48. The highest BCUT2D eigenvalue weighted by Gasteiger charge is 2.26. The zero-order valence-corrected chi connectivity index (χ0v) is 9.70. The van der Waals surface area contributed by atoms with Gasteiger partial charge < -0.3 is 10.5 Å². The van der Waals surface area contributed by atoms with Crippen molar-refractivity contribution in [1.29, 1.82) is 0 Å². The molecule has 3 atom stereocenters. The second-order valence-electron chi connectivity index (χ2n) is 4.44. The largest absolute Gasteiger partial charge is 0.383 e. The first kappa shape index (κ1) is 12.0. The maximum absolute atomic E-state index is 6.07. The summed E-state index contributed by atoms with van der Waals surface area (Å²) in [6.07, 6.45) is 2.37. The van der Waals surface area contributed by atoms with Crippen molar-refractivity contribution in [2.75, 3.05) is 26.8 Å². The molecule has 1 aliphatic rings. The fourth-order valence-electron chi connectivity index (χ4n) is 2.13. The zero-order chi connectivity index (χ0) is 10.6. The molecule has 14 heavy (non-hydrogen) atoms. The predicted molar refractivity (Wildman–Crippen MR) is 59.3 cm³/mol. The zero-order valence-electron chi connectivity index (χ0n) is 9.70. The lowest BCUT2D eigenvalue weighted by Gasteiger charge is -2.39. The van der Waals surface area contributed by atoms with Crippen molar-refractivity contribution in [2.24, 2.45) is 11.7 Å². The Labute approximate surface area is 87.6 Å². The molecule has 0 amide bonds. The fourth-order valence-corrected chi connectivity index (χ4v) is 2.13. The normalized spacial score (nSPS) is 31.7. The van der Waals surface area contributed by atoms with E-state index in [1.54, 1.807) is 7.11 Å². The Balaban J connectivity index is 2.43. The van der Waals surface area contributed by atoms with E-state index in [1.807, 2.05) is 0 Å². The molecule has 3 heteroatoms. The lowest BCUT2D eigenvalue weighted by Crippen LogP contribution is -2.52. The SMILES string of the molecule is CCC(COC)N1CCC(C)C(N)C1. The third-order valence-corrected chi connectivity index (χ3v) is 3.39. The molecule has 1 fully saturated rings. The maximum atomic E-state index is 6.07. The molecular formula is C11H24N2O. The molecule has 2 N–H and O–H groups in total. The van der Waals surface area contributed by atoms with Crippen LogP contribution in [-0.2, 0) is 4.74 Å². The van der Waals surface area contributed by atoms with E-state index in [1.165, 1.54) is 13.0 Å². The Kier molecular flexibility index (Phi) is 4.85. The van der Waals surface area contributed by atoms with Crippen LogP contribution in [0.3, 0.4) is 0 Å². The van der Waals surface area contributed by atoms with Crippen LogP contribution in [-0.4, -0.2) is 43.8 Å². The van der Waals surface area contributed by atoms with Gasteiger partial charge in [0, 0.05) is 25.7 Å². The summed E-state index contributed by atoms with van der Waals surface area (Å²) in [5.74, 6) is 0.673. The van der Waals surface area contributed by atoms with Crippen LogP contribution in [0.1, 0.15) is 26.7 Å². The first-order valence-electron chi connectivity index (χ1n) is 5.67. The van der Waals surface area contributed by atoms with E-state index < -0.39 is 0 Å². The van der Waals surface area contributed by atoms with Crippen molar-refractivity contribution in [2.45, 2.75) is 38.8 Å². The Morgan fingerprint density at radius 2 is 2.29 bits per heavy atom. The molecule has 0 aromatic carbocycles. The summed E-state index contributed by atoms with van der Waals surface area (Å²) in [5, 5.41) is 0. The topological polar surface area (TPSA) is 38.5 Å². The van der Waals surface area contributed by atoms with Gasteiger partial charge >= 0.3 is 0 Å². The Morgan fingerprint density at radius 3 is 2.79 bits per heavy atom. The molecule has 1 aliphatic heterocycles. The van der Waals surface area contributed by atoms with Crippen LogP contribution >= 0.6 is 0 Å². The van der Waals surface area contributed by atoms with Gasteiger partial charge in [0.05, 0.1) is 6.61 Å². The quantitative estimate of drug-likeness (QED) is 0.738. The first-order valence-corrected chi connectivity index (χ1v) is 5.67. The monoisotopic (exact) mass is 200 g/mol. The van der Waals surface area contributed by atoms with Crippen LogP contribution < -0.4 is 5.73 Å². The lowest BCUT2D eigenvalue weighted by molar-refractivity contribution is 0.0572. The number of ether oxygens (including phenoxy) is 1. The number of piperidine rings is 1. The molecule has 0 radical (unpaired) electrons. The summed E-state index contributed by atoms with van der Waals surface area (Å²) in [6, 6.07) is 0.896. The molecule has 0 aromatic heterocycles. The first-order chi connectivity index (χ1) is 6.69. The van der Waals surface area contributed by atoms with Gasteiger partial charge in [0.1, 0.15) is 0 Å². The second kappa shape index (κ2) is 5.69. The van der Waals surface area contributed by atoms with E-state index in [0.29, 0.717) is 18.0 Å². The van der Waals surface area contributed by atoms with Gasteiger partial charge in [0.2, 0.25) is 0 Å². The van der Waals surface area contributed by atoms with E-state index in [4.69, 9.17) is 10.5 Å². The number of nitrogens with zero attached hydrogens (tertiary/aromatic N) is 1. The average molecular weight is 200 g/mol. The molecule has 1 rings (SSSR count). The number of hydrogen-bond acceptors (Lipinski definition) is 3. The van der Waals surface area contributed by atoms with Crippen molar-refractivity contribution in [1.82, 2.24) is 4.90 Å². The van der Waals surface area contributed by atoms with Gasteiger partial charge in [-0.15, -0.1) is 0 Å². The van der Waals surface area contributed by atoms with Gasteiger partial charge in [-0.2, -0.15) is 0 Å². The summed E-state index contributed by atoms with van der Waals surface area (Å²) in [6.45, 7) is 7.50. The molecule has 0 saturated carbocycles. The lowest BCUT2D eigenvalue weighted by atomic mass is 9.93. The number of nitrogens with two attached hydrogens (primary N) is 1. The molecule has 0 aromatic rings. The minimum absolute atomic E-state index is 0.342. The smallest absolute Gasteiger partial charge is 0.0617 e. The van der Waals surface area contributed by atoms with Gasteiger partial charge in [0.25, 0.3) is 0 Å². The van der Waals surface area contributed by atoms with Gasteiger partial charge in [-0.05, 0) is 25.3 Å². The molecule has 0 spiro atoms. The highest BCUT2D eigenvalue weighted by Crippen LogP contribution is 2.18. The number of rotatable bonds is 4. The highest BCUT2D eigenvalue weighted by molar-refractivity contribution is 4.83. The van der Waals surface area contributed by atoms with Crippen LogP contribution in [0.5, 0.6) is 0 Å². The van der Waals surface area contributed by atoms with E-state index in [0.717, 1.165) is 19.6 Å². The van der Waals surface area contributed by atoms with E-state index in [-0.39, 0.29) is 0 Å². The minimum atomic E-state index is 0.342. The van der Waals surface area contributed by atoms with Crippen molar-refractivity contribution >= 4 is 0 Å². The van der Waals surface area contributed by atoms with Gasteiger partial charge in [-0.25, -0.2) is 0 Å². The van der Waals surface area contributed by atoms with Crippen LogP contribution in [0.2, 0.25) is 0 Å². The summed E-state index contributed by atoms with van der Waals surface area (Å²) in [5.41, 5.74) is 6.07. The molecule has 3 unspecified atom stereocenters. The van der Waals surface area contributed by atoms with Crippen LogP contribution in [0.4, 0.5) is 0 Å². The third kappa shape index (κ3) is 2.94. The second-order valence-corrected chi connectivity index (χ2v) is 4.44. The third-order valence-electron chi connectivity index (χ3n) is 3.39. The molecular weight excluding hydrogens is 176 g/mol. The van der Waals surface area contributed by atoms with Crippen LogP contribution in [0.25, 0.3) is 0 Å². The summed E-state index contributed by atoms with van der Waals surface area (Å²) in [7, 11) is 1.77. The summed E-state index contributed by atoms with van der Waals surface area (Å²) < 4.78 is 5.23. The number of likely N-dealkylation sites (tertiary alicyclic amines) is 1. The average Bonchev–Trinajstić information content (AvgIpc) is 2.19. The fraction of sp³-hybridized carbons (Fsp3) is 1.00. The Hall–Kier alpha value is -0.120. The predicted octanol–water partition coefficient (Wildman–Crippen LogP) is 1.08.